The Balaban J connectivity index is 2.31. The molecule has 2 atom stereocenters. The average molecular weight is 260 g/mol. The van der Waals surface area contributed by atoms with Crippen molar-refractivity contribution in [3.05, 3.63) is 35.4 Å². The molecular weight excluding hydrogens is 232 g/mol. The van der Waals surface area contributed by atoms with E-state index in [-0.39, 0.29) is 6.04 Å². The Morgan fingerprint density at radius 2 is 2.00 bits per heavy atom. The molecule has 0 radical (unpaired) electrons. The molecule has 0 saturated carbocycles. The molecule has 0 amide bonds. The van der Waals surface area contributed by atoms with Gasteiger partial charge in [-0.25, -0.2) is 0 Å². The first-order valence-electron chi connectivity index (χ1n) is 7.64. The summed E-state index contributed by atoms with van der Waals surface area (Å²) in [4.78, 5) is 2.62. The Hall–Kier alpha value is -0.860. The number of aryl methyl sites for hydroxylation is 1. The fraction of sp³-hybridized carbons (Fsp3) is 0.647. The van der Waals surface area contributed by atoms with Crippen molar-refractivity contribution in [2.45, 2.75) is 52.1 Å². The lowest BCUT2D eigenvalue weighted by Crippen LogP contribution is -2.41. The Morgan fingerprint density at radius 3 is 2.68 bits per heavy atom. The van der Waals surface area contributed by atoms with Gasteiger partial charge in [-0.3, -0.25) is 4.90 Å². The second-order valence-corrected chi connectivity index (χ2v) is 6.35. The van der Waals surface area contributed by atoms with E-state index in [1.807, 2.05) is 0 Å². The molecule has 1 aromatic carbocycles. The highest BCUT2D eigenvalue weighted by Crippen LogP contribution is 2.31. The number of nitrogens with zero attached hydrogens (tertiary/aromatic N) is 1. The lowest BCUT2D eigenvalue weighted by molar-refractivity contribution is 0.165. The van der Waals surface area contributed by atoms with E-state index in [4.69, 9.17) is 5.73 Å². The summed E-state index contributed by atoms with van der Waals surface area (Å²) < 4.78 is 0. The first-order valence-corrected chi connectivity index (χ1v) is 7.64. The highest BCUT2D eigenvalue weighted by molar-refractivity contribution is 5.30. The minimum atomic E-state index is 0.266. The minimum Gasteiger partial charge on any atom is -0.326 e. The van der Waals surface area contributed by atoms with Crippen molar-refractivity contribution in [1.29, 1.82) is 0 Å². The van der Waals surface area contributed by atoms with E-state index in [9.17, 15) is 0 Å². The van der Waals surface area contributed by atoms with Crippen molar-refractivity contribution < 1.29 is 0 Å². The summed E-state index contributed by atoms with van der Waals surface area (Å²) in [5.74, 6) is 0.691. The van der Waals surface area contributed by atoms with Crippen molar-refractivity contribution >= 4 is 0 Å². The van der Waals surface area contributed by atoms with Gasteiger partial charge in [0.05, 0.1) is 6.04 Å². The van der Waals surface area contributed by atoms with Crippen LogP contribution >= 0.6 is 0 Å². The summed E-state index contributed by atoms with van der Waals surface area (Å²) in [6.45, 7) is 9.13. The van der Waals surface area contributed by atoms with Crippen LogP contribution in [0, 0.1) is 12.8 Å². The molecule has 1 aliphatic heterocycles. The topological polar surface area (TPSA) is 29.3 Å². The van der Waals surface area contributed by atoms with Gasteiger partial charge in [-0.2, -0.15) is 0 Å². The van der Waals surface area contributed by atoms with E-state index in [1.165, 1.54) is 30.5 Å². The molecule has 0 spiro atoms. The number of hydrogen-bond donors (Lipinski definition) is 1. The normalized spacial score (nSPS) is 25.5. The Kier molecular flexibility index (Phi) is 5.00. The zero-order valence-electron chi connectivity index (χ0n) is 12.6. The molecule has 2 rings (SSSR count). The van der Waals surface area contributed by atoms with Crippen LogP contribution in [0.25, 0.3) is 0 Å². The van der Waals surface area contributed by atoms with Gasteiger partial charge in [0.2, 0.25) is 0 Å². The summed E-state index contributed by atoms with van der Waals surface area (Å²) in [5.41, 5.74) is 9.31. The van der Waals surface area contributed by atoms with Crippen molar-refractivity contribution in [3.63, 3.8) is 0 Å². The maximum atomic E-state index is 6.50. The molecule has 1 saturated heterocycles. The number of rotatable bonds is 3. The van der Waals surface area contributed by atoms with Gasteiger partial charge in [0.15, 0.2) is 0 Å². The number of nitrogens with two attached hydrogens (primary N) is 1. The van der Waals surface area contributed by atoms with Gasteiger partial charge in [-0.1, -0.05) is 44.5 Å². The van der Waals surface area contributed by atoms with Crippen LogP contribution in [0.2, 0.25) is 0 Å². The number of benzene rings is 1. The van der Waals surface area contributed by atoms with Gasteiger partial charge < -0.3 is 5.73 Å². The van der Waals surface area contributed by atoms with Crippen molar-refractivity contribution in [1.82, 2.24) is 4.90 Å². The third-order valence-electron chi connectivity index (χ3n) is 4.14. The molecule has 0 aromatic heterocycles. The van der Waals surface area contributed by atoms with E-state index in [0.29, 0.717) is 12.0 Å². The second kappa shape index (κ2) is 6.53. The molecule has 2 N–H and O–H groups in total. The van der Waals surface area contributed by atoms with E-state index in [0.717, 1.165) is 13.0 Å². The third-order valence-corrected chi connectivity index (χ3v) is 4.14. The molecule has 2 heteroatoms. The Morgan fingerprint density at radius 1 is 1.26 bits per heavy atom. The van der Waals surface area contributed by atoms with Gasteiger partial charge in [0.25, 0.3) is 0 Å². The van der Waals surface area contributed by atoms with Gasteiger partial charge in [0, 0.05) is 12.6 Å². The van der Waals surface area contributed by atoms with E-state index >= 15 is 0 Å². The summed E-state index contributed by atoms with van der Waals surface area (Å²) in [6, 6.07) is 9.40. The molecular formula is C17H28N2. The summed E-state index contributed by atoms with van der Waals surface area (Å²) in [7, 11) is 0. The lowest BCUT2D eigenvalue weighted by atomic mass is 9.92. The zero-order chi connectivity index (χ0) is 13.8. The van der Waals surface area contributed by atoms with Gasteiger partial charge in [0.1, 0.15) is 0 Å². The first kappa shape index (κ1) is 14.5. The first-order chi connectivity index (χ1) is 9.09. The Labute approximate surface area is 118 Å². The minimum absolute atomic E-state index is 0.266. The zero-order valence-corrected chi connectivity index (χ0v) is 12.6. The fourth-order valence-corrected chi connectivity index (χ4v) is 3.28. The van der Waals surface area contributed by atoms with Crippen molar-refractivity contribution in [3.8, 4) is 0 Å². The Bertz CT molecular complexity index is 400. The van der Waals surface area contributed by atoms with E-state index in [2.05, 4.69) is 49.9 Å². The van der Waals surface area contributed by atoms with Crippen LogP contribution < -0.4 is 5.73 Å². The van der Waals surface area contributed by atoms with Crippen LogP contribution in [0.4, 0.5) is 0 Å². The predicted octanol–water partition coefficient (Wildman–Crippen LogP) is 3.51. The van der Waals surface area contributed by atoms with Crippen LogP contribution in [-0.4, -0.2) is 24.0 Å². The highest BCUT2D eigenvalue weighted by atomic mass is 15.2. The highest BCUT2D eigenvalue weighted by Gasteiger charge is 2.29. The quantitative estimate of drug-likeness (QED) is 0.901. The standard InChI is InChI=1S/C17H28N2/c1-13(2)12-19-11-7-6-10-16(18)17(19)15-9-5-4-8-14(15)3/h4-5,8-9,13,16-17H,6-7,10-12,18H2,1-3H3. The molecule has 19 heavy (non-hydrogen) atoms. The maximum absolute atomic E-state index is 6.50. The second-order valence-electron chi connectivity index (χ2n) is 6.35. The summed E-state index contributed by atoms with van der Waals surface area (Å²) in [5, 5.41) is 0. The fourth-order valence-electron chi connectivity index (χ4n) is 3.28. The molecule has 1 heterocycles. The van der Waals surface area contributed by atoms with Crippen LogP contribution in [0.1, 0.15) is 50.3 Å². The molecule has 1 aliphatic rings. The maximum Gasteiger partial charge on any atom is 0.0501 e. The van der Waals surface area contributed by atoms with Gasteiger partial charge >= 0.3 is 0 Å². The molecule has 0 bridgehead atoms. The van der Waals surface area contributed by atoms with Gasteiger partial charge in [-0.05, 0) is 43.4 Å². The summed E-state index contributed by atoms with van der Waals surface area (Å²) >= 11 is 0. The number of likely N-dealkylation sites (tertiary alicyclic amines) is 1. The molecule has 0 aliphatic carbocycles. The molecule has 1 fully saturated rings. The van der Waals surface area contributed by atoms with Crippen molar-refractivity contribution in [2.75, 3.05) is 13.1 Å². The van der Waals surface area contributed by atoms with Crippen LogP contribution in [-0.2, 0) is 0 Å². The van der Waals surface area contributed by atoms with Gasteiger partial charge in [-0.15, -0.1) is 0 Å². The molecule has 106 valence electrons. The predicted molar refractivity (Wildman–Crippen MR) is 82.2 cm³/mol. The average Bonchev–Trinajstić information content (AvgIpc) is 2.52. The third kappa shape index (κ3) is 3.58. The largest absolute Gasteiger partial charge is 0.326 e. The molecule has 2 nitrogen and oxygen atoms in total. The molecule has 1 aromatic rings. The number of hydrogen-bond acceptors (Lipinski definition) is 2. The van der Waals surface area contributed by atoms with E-state index < -0.39 is 0 Å². The van der Waals surface area contributed by atoms with E-state index in [1.54, 1.807) is 0 Å². The van der Waals surface area contributed by atoms with Crippen LogP contribution in [0.15, 0.2) is 24.3 Å². The van der Waals surface area contributed by atoms with Crippen LogP contribution in [0.3, 0.4) is 0 Å². The van der Waals surface area contributed by atoms with Crippen molar-refractivity contribution in [2.24, 2.45) is 11.7 Å². The van der Waals surface area contributed by atoms with Crippen LogP contribution in [0.5, 0.6) is 0 Å². The molecule has 2 unspecified atom stereocenters. The lowest BCUT2D eigenvalue weighted by Gasteiger charge is -2.35. The monoisotopic (exact) mass is 260 g/mol. The smallest absolute Gasteiger partial charge is 0.0501 e. The summed E-state index contributed by atoms with van der Waals surface area (Å²) in [6.07, 6.45) is 3.69. The SMILES string of the molecule is Cc1ccccc1C1C(N)CCCCN1CC(C)C.